The molecule has 2 aliphatic carbocycles. The summed E-state index contributed by atoms with van der Waals surface area (Å²) < 4.78 is 25.5. The van der Waals surface area contributed by atoms with Crippen molar-refractivity contribution in [2.75, 3.05) is 16.8 Å². The van der Waals surface area contributed by atoms with Crippen LogP contribution in [-0.2, 0) is 25.2 Å². The highest BCUT2D eigenvalue weighted by Crippen LogP contribution is 2.26. The van der Waals surface area contributed by atoms with Crippen LogP contribution in [0, 0.1) is 5.82 Å². The van der Waals surface area contributed by atoms with E-state index in [0.29, 0.717) is 5.69 Å². The molecule has 2 fully saturated rings. The zero-order chi connectivity index (χ0) is 23.1. The first-order valence-corrected chi connectivity index (χ1v) is 12.8. The Morgan fingerprint density at radius 2 is 1.62 bits per heavy atom. The number of rotatable bonds is 9. The molecule has 3 rings (SSSR count). The molecule has 2 saturated carbocycles. The molecule has 0 heterocycles. The monoisotopic (exact) mass is 465 g/mol. The van der Waals surface area contributed by atoms with Crippen molar-refractivity contribution < 1.29 is 23.0 Å². The largest absolute Gasteiger partial charge is 0.352 e. The van der Waals surface area contributed by atoms with Gasteiger partial charge in [0.1, 0.15) is 23.4 Å². The molecular weight excluding hydrogens is 433 g/mol. The van der Waals surface area contributed by atoms with Crippen molar-refractivity contribution in [3.8, 4) is 0 Å². The molecule has 2 atom stereocenters. The number of amides is 3. The molecule has 0 spiro atoms. The molecule has 7 nitrogen and oxygen atoms in total. The van der Waals surface area contributed by atoms with Gasteiger partial charge in [-0.1, -0.05) is 25.7 Å². The second-order valence-electron chi connectivity index (χ2n) is 8.69. The lowest BCUT2D eigenvalue weighted by molar-refractivity contribution is -0.140. The Morgan fingerprint density at radius 3 is 2.25 bits per heavy atom. The highest BCUT2D eigenvalue weighted by Gasteiger charge is 2.35. The van der Waals surface area contributed by atoms with Gasteiger partial charge >= 0.3 is 0 Å². The van der Waals surface area contributed by atoms with Gasteiger partial charge in [-0.05, 0) is 56.9 Å². The second kappa shape index (κ2) is 11.5. The van der Waals surface area contributed by atoms with Crippen molar-refractivity contribution >= 4 is 34.2 Å². The van der Waals surface area contributed by atoms with E-state index in [1.165, 1.54) is 24.3 Å². The fourth-order valence-electron chi connectivity index (χ4n) is 4.58. The van der Waals surface area contributed by atoms with Crippen molar-refractivity contribution in [3.63, 3.8) is 0 Å². The van der Waals surface area contributed by atoms with Gasteiger partial charge in [-0.3, -0.25) is 18.6 Å². The molecule has 2 N–H and O–H groups in total. The highest BCUT2D eigenvalue weighted by atomic mass is 32.2. The number of halogens is 1. The number of carbonyl (C=O) groups is 3. The van der Waals surface area contributed by atoms with Crippen LogP contribution in [0.5, 0.6) is 0 Å². The average molecular weight is 466 g/mol. The van der Waals surface area contributed by atoms with E-state index in [1.54, 1.807) is 11.8 Å². The molecule has 176 valence electrons. The van der Waals surface area contributed by atoms with Crippen molar-refractivity contribution in [1.82, 2.24) is 10.2 Å². The number of carbonyl (C=O) groups excluding carboxylic acids is 3. The maximum atomic E-state index is 13.1. The third-order valence-electron chi connectivity index (χ3n) is 6.21. The van der Waals surface area contributed by atoms with Crippen LogP contribution in [0.2, 0.25) is 0 Å². The van der Waals surface area contributed by atoms with Gasteiger partial charge in [0.15, 0.2) is 0 Å². The van der Waals surface area contributed by atoms with Crippen molar-refractivity contribution in [1.29, 1.82) is 0 Å². The van der Waals surface area contributed by atoms with Gasteiger partial charge < -0.3 is 15.5 Å². The predicted molar refractivity (Wildman–Crippen MR) is 122 cm³/mol. The van der Waals surface area contributed by atoms with Crippen molar-refractivity contribution in [3.05, 3.63) is 30.1 Å². The van der Waals surface area contributed by atoms with E-state index in [2.05, 4.69) is 10.6 Å². The number of anilines is 1. The summed E-state index contributed by atoms with van der Waals surface area (Å²) in [6.07, 6.45) is 7.76. The van der Waals surface area contributed by atoms with E-state index >= 15 is 0 Å². The molecule has 32 heavy (non-hydrogen) atoms. The number of hydrogen-bond acceptors (Lipinski definition) is 4. The Labute approximate surface area is 191 Å². The van der Waals surface area contributed by atoms with Gasteiger partial charge in [0.25, 0.3) is 0 Å². The fourth-order valence-corrected chi connectivity index (χ4v) is 5.47. The minimum atomic E-state index is -1.72. The normalized spacial score (nSPS) is 18.8. The van der Waals surface area contributed by atoms with E-state index in [1.807, 2.05) is 0 Å². The minimum Gasteiger partial charge on any atom is -0.352 e. The molecule has 0 unspecified atom stereocenters. The fraction of sp³-hybridized carbons (Fsp3) is 0.609. The lowest BCUT2D eigenvalue weighted by Gasteiger charge is -2.34. The summed E-state index contributed by atoms with van der Waals surface area (Å²) in [7, 11) is -1.72. The van der Waals surface area contributed by atoms with Gasteiger partial charge in [-0.15, -0.1) is 0 Å². The van der Waals surface area contributed by atoms with E-state index in [4.69, 9.17) is 0 Å². The van der Waals surface area contributed by atoms with Gasteiger partial charge in [0.2, 0.25) is 17.7 Å². The van der Waals surface area contributed by atoms with E-state index in [9.17, 15) is 23.0 Å². The maximum absolute atomic E-state index is 13.1. The van der Waals surface area contributed by atoms with Crippen molar-refractivity contribution in [2.45, 2.75) is 76.4 Å². The Bertz CT molecular complexity index is 836. The van der Waals surface area contributed by atoms with Gasteiger partial charge in [-0.2, -0.15) is 0 Å². The SMILES string of the molecule is C[C@H](C(=O)NC1CCCC1)N(C(=O)C[S@@](=O)CC(=O)Nc1ccc(F)cc1)C1CCCC1. The van der Waals surface area contributed by atoms with Crippen LogP contribution in [0.15, 0.2) is 24.3 Å². The van der Waals surface area contributed by atoms with Gasteiger partial charge in [-0.25, -0.2) is 4.39 Å². The topological polar surface area (TPSA) is 95.6 Å². The van der Waals surface area contributed by atoms with Crippen LogP contribution in [0.25, 0.3) is 0 Å². The molecule has 1 aromatic carbocycles. The lowest BCUT2D eigenvalue weighted by atomic mass is 10.1. The van der Waals surface area contributed by atoms with Crippen LogP contribution in [-0.4, -0.2) is 56.5 Å². The quantitative estimate of drug-likeness (QED) is 0.586. The Hall–Kier alpha value is -2.29. The maximum Gasteiger partial charge on any atom is 0.242 e. The van der Waals surface area contributed by atoms with Gasteiger partial charge in [0, 0.05) is 28.6 Å². The van der Waals surface area contributed by atoms with Crippen LogP contribution in [0.4, 0.5) is 10.1 Å². The smallest absolute Gasteiger partial charge is 0.242 e. The zero-order valence-electron chi connectivity index (χ0n) is 18.5. The van der Waals surface area contributed by atoms with Crippen LogP contribution >= 0.6 is 0 Å². The second-order valence-corrected chi connectivity index (χ2v) is 10.1. The van der Waals surface area contributed by atoms with Crippen LogP contribution < -0.4 is 10.6 Å². The molecule has 3 amide bonds. The summed E-state index contributed by atoms with van der Waals surface area (Å²) in [4.78, 5) is 39.7. The summed E-state index contributed by atoms with van der Waals surface area (Å²) in [5.41, 5.74) is 0.393. The molecule has 0 radical (unpaired) electrons. The van der Waals surface area contributed by atoms with Crippen LogP contribution in [0.1, 0.15) is 58.3 Å². The molecular formula is C23H32FN3O4S. The molecule has 0 aliphatic heterocycles. The molecule has 0 saturated heterocycles. The molecule has 1 aromatic rings. The minimum absolute atomic E-state index is 0.0446. The first-order chi connectivity index (χ1) is 15.3. The van der Waals surface area contributed by atoms with Crippen LogP contribution in [0.3, 0.4) is 0 Å². The zero-order valence-corrected chi connectivity index (χ0v) is 19.3. The predicted octanol–water partition coefficient (Wildman–Crippen LogP) is 2.73. The summed E-state index contributed by atoms with van der Waals surface area (Å²) in [6.45, 7) is 1.73. The lowest BCUT2D eigenvalue weighted by Crippen LogP contribution is -2.54. The third kappa shape index (κ3) is 6.85. The Morgan fingerprint density at radius 1 is 1.03 bits per heavy atom. The molecule has 0 bridgehead atoms. The summed E-state index contributed by atoms with van der Waals surface area (Å²) in [5, 5.41) is 5.61. The standard InChI is InChI=1S/C23H32FN3O4S/c1-16(23(30)26-18-6-2-3-7-18)27(20-8-4-5-9-20)22(29)15-32(31)14-21(28)25-19-12-10-17(24)11-13-19/h10-13,16,18,20H,2-9,14-15H2,1H3,(H,25,28)(H,26,30)/t16-,32+/m1/s1. The molecule has 2 aliphatic rings. The Kier molecular flexibility index (Phi) is 8.78. The number of hydrogen-bond donors (Lipinski definition) is 2. The van der Waals surface area contributed by atoms with Crippen molar-refractivity contribution in [2.24, 2.45) is 0 Å². The third-order valence-corrected chi connectivity index (χ3v) is 7.36. The highest BCUT2D eigenvalue weighted by molar-refractivity contribution is 7.86. The summed E-state index contributed by atoms with van der Waals surface area (Å²) in [6, 6.07) is 4.73. The molecule has 0 aromatic heterocycles. The average Bonchev–Trinajstić information content (AvgIpc) is 3.44. The summed E-state index contributed by atoms with van der Waals surface area (Å²) in [5.74, 6) is -2.12. The van der Waals surface area contributed by atoms with E-state index in [0.717, 1.165) is 51.4 Å². The van der Waals surface area contributed by atoms with E-state index in [-0.39, 0.29) is 35.4 Å². The molecule has 9 heteroatoms. The number of nitrogens with one attached hydrogen (secondary N) is 2. The number of nitrogens with zero attached hydrogens (tertiary/aromatic N) is 1. The van der Waals surface area contributed by atoms with Gasteiger partial charge in [0.05, 0.1) is 0 Å². The Balaban J connectivity index is 1.57. The number of benzene rings is 1. The first-order valence-electron chi connectivity index (χ1n) is 11.4. The van der Waals surface area contributed by atoms with E-state index < -0.39 is 28.6 Å². The summed E-state index contributed by atoms with van der Waals surface area (Å²) >= 11 is 0. The first kappa shape index (κ1) is 24.4.